The molecule has 17 heavy (non-hydrogen) atoms. The maximum Gasteiger partial charge on any atom is 0.0332 e. The van der Waals surface area contributed by atoms with E-state index in [4.69, 9.17) is 0 Å². The van der Waals surface area contributed by atoms with Gasteiger partial charge in [0.05, 0.1) is 0 Å². The summed E-state index contributed by atoms with van der Waals surface area (Å²) in [6.45, 7) is 0. The number of hydrogen-bond acceptors (Lipinski definition) is 0. The smallest absolute Gasteiger partial charge is 0.0332 e. The van der Waals surface area contributed by atoms with Crippen molar-refractivity contribution in [2.24, 2.45) is 0 Å². The first kappa shape index (κ1) is 11.7. The fourth-order valence-corrected chi connectivity index (χ4v) is 3.50. The topological polar surface area (TPSA) is 0 Å². The van der Waals surface area contributed by atoms with Gasteiger partial charge < -0.3 is 0 Å². The molecule has 0 aliphatic heterocycles. The van der Waals surface area contributed by atoms with Crippen LogP contribution in [0, 0.1) is 0 Å². The lowest BCUT2D eigenvalue weighted by Gasteiger charge is -2.07. The second-order valence-electron chi connectivity index (χ2n) is 3.92. The average molecular weight is 415 g/mol. The summed E-state index contributed by atoms with van der Waals surface area (Å²) in [6.07, 6.45) is 0. The molecule has 0 N–H and O–H groups in total. The summed E-state index contributed by atoms with van der Waals surface area (Å²) in [4.78, 5) is 0. The van der Waals surface area contributed by atoms with Gasteiger partial charge in [-0.3, -0.25) is 0 Å². The predicted molar refractivity (Wildman–Crippen MR) is 84.6 cm³/mol. The van der Waals surface area contributed by atoms with E-state index in [9.17, 15) is 0 Å². The van der Waals surface area contributed by atoms with Crippen LogP contribution in [0.3, 0.4) is 0 Å². The molecule has 0 aliphatic rings. The Morgan fingerprint density at radius 3 is 1.53 bits per heavy atom. The number of benzene rings is 3. The van der Waals surface area contributed by atoms with Gasteiger partial charge >= 0.3 is 0 Å². The summed E-state index contributed by atoms with van der Waals surface area (Å²) < 4.78 is 3.36. The summed E-state index contributed by atoms with van der Waals surface area (Å²) in [5, 5.41) is 4.94. The molecular formula is C14H7Br3. The standard InChI is InChI=1S/C14H7Br3/c15-10-1-3-12-8(6-10)5-9-7-11(16)2-4-13(9)14(12)17/h1-7H. The van der Waals surface area contributed by atoms with E-state index in [0.29, 0.717) is 0 Å². The van der Waals surface area contributed by atoms with Gasteiger partial charge in [-0.05, 0) is 67.8 Å². The lowest BCUT2D eigenvalue weighted by Crippen LogP contribution is -1.80. The monoisotopic (exact) mass is 412 g/mol. The van der Waals surface area contributed by atoms with Crippen molar-refractivity contribution in [2.75, 3.05) is 0 Å². The third-order valence-electron chi connectivity index (χ3n) is 2.81. The first-order valence-electron chi connectivity index (χ1n) is 5.12. The molecule has 0 saturated heterocycles. The Kier molecular flexibility index (Phi) is 3.01. The van der Waals surface area contributed by atoms with Gasteiger partial charge in [0.1, 0.15) is 0 Å². The van der Waals surface area contributed by atoms with Crippen LogP contribution in [0.4, 0.5) is 0 Å². The van der Waals surface area contributed by atoms with Gasteiger partial charge in [0, 0.05) is 13.4 Å². The molecular weight excluding hydrogens is 408 g/mol. The second-order valence-corrected chi connectivity index (χ2v) is 6.55. The van der Waals surface area contributed by atoms with Crippen molar-refractivity contribution in [1.82, 2.24) is 0 Å². The zero-order valence-corrected chi connectivity index (χ0v) is 13.4. The molecule has 0 bridgehead atoms. The molecule has 0 aromatic heterocycles. The Morgan fingerprint density at radius 1 is 0.588 bits per heavy atom. The molecule has 3 aromatic carbocycles. The molecule has 0 radical (unpaired) electrons. The lowest BCUT2D eigenvalue weighted by molar-refractivity contribution is 1.68. The van der Waals surface area contributed by atoms with Gasteiger partial charge in [0.25, 0.3) is 0 Å². The molecule has 0 fully saturated rings. The van der Waals surface area contributed by atoms with Gasteiger partial charge in [0.2, 0.25) is 0 Å². The van der Waals surface area contributed by atoms with Crippen molar-refractivity contribution in [3.8, 4) is 0 Å². The van der Waals surface area contributed by atoms with E-state index in [0.717, 1.165) is 13.4 Å². The molecule has 3 rings (SSSR count). The number of halogens is 3. The first-order valence-corrected chi connectivity index (χ1v) is 7.50. The minimum absolute atomic E-state index is 1.10. The van der Waals surface area contributed by atoms with Crippen LogP contribution >= 0.6 is 47.8 Å². The molecule has 0 heterocycles. The largest absolute Gasteiger partial charge is 0.0521 e. The molecule has 0 spiro atoms. The van der Waals surface area contributed by atoms with Gasteiger partial charge in [-0.15, -0.1) is 0 Å². The lowest BCUT2D eigenvalue weighted by atomic mass is 10.0. The predicted octanol–water partition coefficient (Wildman–Crippen LogP) is 6.28. The minimum atomic E-state index is 1.10. The molecule has 0 amide bonds. The molecule has 3 heteroatoms. The van der Waals surface area contributed by atoms with Crippen molar-refractivity contribution >= 4 is 69.3 Å². The zero-order chi connectivity index (χ0) is 12.0. The molecule has 0 aliphatic carbocycles. The molecule has 0 unspecified atom stereocenters. The van der Waals surface area contributed by atoms with Gasteiger partial charge in [-0.1, -0.05) is 44.0 Å². The van der Waals surface area contributed by atoms with E-state index in [1.807, 2.05) is 0 Å². The van der Waals surface area contributed by atoms with Gasteiger partial charge in [-0.2, -0.15) is 0 Å². The highest BCUT2D eigenvalue weighted by Gasteiger charge is 2.05. The third kappa shape index (κ3) is 2.05. The Bertz CT molecular complexity index is 672. The highest BCUT2D eigenvalue weighted by molar-refractivity contribution is 9.11. The Labute approximate surface area is 124 Å². The maximum atomic E-state index is 3.70. The summed E-state index contributed by atoms with van der Waals surface area (Å²) in [7, 11) is 0. The minimum Gasteiger partial charge on any atom is -0.0521 e. The molecule has 84 valence electrons. The van der Waals surface area contributed by atoms with Gasteiger partial charge in [0.15, 0.2) is 0 Å². The SMILES string of the molecule is Brc1ccc2c(Br)c3ccc(Br)cc3cc2c1. The Hall–Kier alpha value is -0.380. The zero-order valence-electron chi connectivity index (χ0n) is 8.68. The van der Waals surface area contributed by atoms with Crippen LogP contribution in [0.2, 0.25) is 0 Å². The number of fused-ring (bicyclic) bond motifs is 2. The van der Waals surface area contributed by atoms with E-state index in [1.165, 1.54) is 21.5 Å². The van der Waals surface area contributed by atoms with Crippen molar-refractivity contribution < 1.29 is 0 Å². The van der Waals surface area contributed by atoms with Crippen LogP contribution in [-0.2, 0) is 0 Å². The molecule has 0 saturated carbocycles. The van der Waals surface area contributed by atoms with E-state index >= 15 is 0 Å². The highest BCUT2D eigenvalue weighted by Crippen LogP contribution is 2.35. The summed E-state index contributed by atoms with van der Waals surface area (Å²) in [5.74, 6) is 0. The van der Waals surface area contributed by atoms with Crippen molar-refractivity contribution in [3.05, 3.63) is 55.9 Å². The fraction of sp³-hybridized carbons (Fsp3) is 0. The third-order valence-corrected chi connectivity index (χ3v) is 4.65. The quantitative estimate of drug-likeness (QED) is 0.380. The van der Waals surface area contributed by atoms with Crippen LogP contribution in [0.5, 0.6) is 0 Å². The van der Waals surface area contributed by atoms with Crippen LogP contribution in [0.15, 0.2) is 55.9 Å². The average Bonchev–Trinajstić information content (AvgIpc) is 2.28. The van der Waals surface area contributed by atoms with Gasteiger partial charge in [-0.25, -0.2) is 0 Å². The van der Waals surface area contributed by atoms with Crippen molar-refractivity contribution in [1.29, 1.82) is 0 Å². The number of hydrogen-bond donors (Lipinski definition) is 0. The first-order chi connectivity index (χ1) is 8.15. The summed E-state index contributed by atoms with van der Waals surface area (Å²) >= 11 is 10.7. The van der Waals surface area contributed by atoms with Crippen LogP contribution in [-0.4, -0.2) is 0 Å². The van der Waals surface area contributed by atoms with E-state index in [1.54, 1.807) is 0 Å². The Morgan fingerprint density at radius 2 is 1.06 bits per heavy atom. The summed E-state index contributed by atoms with van der Waals surface area (Å²) in [5.41, 5.74) is 0. The normalized spacial score (nSPS) is 11.2. The van der Waals surface area contributed by atoms with Crippen LogP contribution in [0.1, 0.15) is 0 Å². The van der Waals surface area contributed by atoms with E-state index in [-0.39, 0.29) is 0 Å². The van der Waals surface area contributed by atoms with E-state index in [2.05, 4.69) is 90.3 Å². The fourth-order valence-electron chi connectivity index (χ4n) is 2.02. The van der Waals surface area contributed by atoms with E-state index < -0.39 is 0 Å². The molecule has 0 nitrogen and oxygen atoms in total. The molecule has 3 aromatic rings. The highest BCUT2D eigenvalue weighted by atomic mass is 79.9. The maximum absolute atomic E-state index is 3.70. The van der Waals surface area contributed by atoms with Crippen molar-refractivity contribution in [2.45, 2.75) is 0 Å². The van der Waals surface area contributed by atoms with Crippen molar-refractivity contribution in [3.63, 3.8) is 0 Å². The number of rotatable bonds is 0. The van der Waals surface area contributed by atoms with Crippen LogP contribution in [0.25, 0.3) is 21.5 Å². The Balaban J connectivity index is 2.52. The summed E-state index contributed by atoms with van der Waals surface area (Å²) in [6, 6.07) is 14.9. The second kappa shape index (κ2) is 4.38. The molecule has 0 atom stereocenters. The van der Waals surface area contributed by atoms with Crippen LogP contribution < -0.4 is 0 Å².